The molecule has 10 heteroatoms. The van der Waals surface area contributed by atoms with Gasteiger partial charge >= 0.3 is 0 Å². The van der Waals surface area contributed by atoms with E-state index in [-0.39, 0.29) is 5.91 Å². The van der Waals surface area contributed by atoms with Crippen LogP contribution in [0.25, 0.3) is 11.4 Å². The number of rotatable bonds is 8. The monoisotopic (exact) mass is 490 g/mol. The molecule has 1 fully saturated rings. The van der Waals surface area contributed by atoms with Crippen molar-refractivity contribution in [3.63, 3.8) is 0 Å². The van der Waals surface area contributed by atoms with Gasteiger partial charge in [-0.3, -0.25) is 9.36 Å². The van der Waals surface area contributed by atoms with E-state index in [9.17, 15) is 4.79 Å². The summed E-state index contributed by atoms with van der Waals surface area (Å²) in [5, 5.41) is 8.46. The molecule has 0 N–H and O–H groups in total. The van der Waals surface area contributed by atoms with Crippen LogP contribution in [0.5, 0.6) is 0 Å². The molecule has 32 heavy (non-hydrogen) atoms. The number of aromatic nitrogens is 4. The first-order chi connectivity index (χ1) is 15.6. The molecule has 1 saturated heterocycles. The Kier molecular flexibility index (Phi) is 7.59. The van der Waals surface area contributed by atoms with Crippen LogP contribution in [0.15, 0.2) is 35.8 Å². The lowest BCUT2D eigenvalue weighted by Gasteiger charge is -2.34. The van der Waals surface area contributed by atoms with Crippen LogP contribution in [0.3, 0.4) is 0 Å². The molecule has 1 aliphatic rings. The van der Waals surface area contributed by atoms with Gasteiger partial charge in [0.05, 0.1) is 6.54 Å². The van der Waals surface area contributed by atoms with E-state index in [1.807, 2.05) is 40.7 Å². The molecular weight excluding hydrogens is 464 g/mol. The average Bonchev–Trinajstić information content (AvgIpc) is 3.45. The third-order valence-electron chi connectivity index (χ3n) is 5.62. The van der Waals surface area contributed by atoms with Crippen LogP contribution >= 0.6 is 35.2 Å². The first kappa shape index (κ1) is 22.9. The fourth-order valence-electron chi connectivity index (χ4n) is 3.80. The van der Waals surface area contributed by atoms with Gasteiger partial charge in [-0.15, -0.1) is 11.3 Å². The lowest BCUT2D eigenvalue weighted by Crippen LogP contribution is -2.48. The Labute approximate surface area is 202 Å². The molecular formula is C22H27ClN6OS2. The van der Waals surface area contributed by atoms with E-state index in [4.69, 9.17) is 28.9 Å². The Morgan fingerprint density at radius 2 is 1.91 bits per heavy atom. The molecule has 0 bridgehead atoms. The summed E-state index contributed by atoms with van der Waals surface area (Å²) in [6.07, 6.45) is 4.29. The van der Waals surface area contributed by atoms with Gasteiger partial charge in [0.25, 0.3) is 0 Å². The second-order valence-electron chi connectivity index (χ2n) is 7.77. The number of halogens is 1. The van der Waals surface area contributed by atoms with Crippen LogP contribution in [0.2, 0.25) is 5.02 Å². The third-order valence-corrected chi connectivity index (χ3v) is 7.14. The summed E-state index contributed by atoms with van der Waals surface area (Å²) >= 11 is 13.4. The molecule has 1 aliphatic heterocycles. The smallest absolute Gasteiger partial charge is 0.224 e. The fourth-order valence-corrected chi connectivity index (χ4v) is 4.93. The number of aryl methyl sites for hydroxylation is 1. The fraction of sp³-hybridized carbons (Fsp3) is 0.455. The maximum absolute atomic E-state index is 12.8. The van der Waals surface area contributed by atoms with E-state index in [1.54, 1.807) is 16.0 Å². The van der Waals surface area contributed by atoms with E-state index >= 15 is 0 Å². The third kappa shape index (κ3) is 5.22. The predicted octanol–water partition coefficient (Wildman–Crippen LogP) is 4.73. The number of benzene rings is 1. The minimum atomic E-state index is 0.141. The van der Waals surface area contributed by atoms with Gasteiger partial charge in [0.15, 0.2) is 15.7 Å². The van der Waals surface area contributed by atoms with Crippen molar-refractivity contribution in [1.29, 1.82) is 0 Å². The Hall–Kier alpha value is -2.23. The van der Waals surface area contributed by atoms with Gasteiger partial charge in [-0.2, -0.15) is 5.10 Å². The maximum Gasteiger partial charge on any atom is 0.224 e. The SMILES string of the molecule is CCCCn1c(-c2ccc(Cl)cc2)nn(CCC(=O)N2CCN(c3nccs3)CC2)c1=S. The molecule has 3 heterocycles. The highest BCUT2D eigenvalue weighted by Crippen LogP contribution is 2.22. The normalized spacial score (nSPS) is 14.2. The summed E-state index contributed by atoms with van der Waals surface area (Å²) in [7, 11) is 0. The zero-order valence-corrected chi connectivity index (χ0v) is 20.5. The van der Waals surface area contributed by atoms with Gasteiger partial charge in [0, 0.05) is 61.3 Å². The van der Waals surface area contributed by atoms with E-state index < -0.39 is 0 Å². The van der Waals surface area contributed by atoms with Crippen LogP contribution < -0.4 is 4.90 Å². The van der Waals surface area contributed by atoms with Gasteiger partial charge in [-0.05, 0) is 42.9 Å². The molecule has 0 unspecified atom stereocenters. The first-order valence-electron chi connectivity index (χ1n) is 10.9. The number of carbonyl (C=O) groups is 1. The summed E-state index contributed by atoms with van der Waals surface area (Å²) in [4.78, 5) is 21.4. The van der Waals surface area contributed by atoms with Gasteiger partial charge in [-0.25, -0.2) is 9.67 Å². The molecule has 4 rings (SSSR count). The topological polar surface area (TPSA) is 59.2 Å². The summed E-state index contributed by atoms with van der Waals surface area (Å²) in [5.74, 6) is 0.964. The van der Waals surface area contributed by atoms with Crippen molar-refractivity contribution in [2.24, 2.45) is 0 Å². The zero-order chi connectivity index (χ0) is 22.5. The molecule has 0 saturated carbocycles. The number of anilines is 1. The Morgan fingerprint density at radius 3 is 2.56 bits per heavy atom. The predicted molar refractivity (Wildman–Crippen MR) is 132 cm³/mol. The van der Waals surface area contributed by atoms with Crippen molar-refractivity contribution in [2.75, 3.05) is 31.1 Å². The van der Waals surface area contributed by atoms with Crippen molar-refractivity contribution in [2.45, 2.75) is 39.3 Å². The van der Waals surface area contributed by atoms with Crippen molar-refractivity contribution in [3.8, 4) is 11.4 Å². The quantitative estimate of drug-likeness (QED) is 0.427. The van der Waals surface area contributed by atoms with Crippen LogP contribution in [0.1, 0.15) is 26.2 Å². The number of amides is 1. The number of hydrogen-bond donors (Lipinski definition) is 0. The Morgan fingerprint density at radius 1 is 1.16 bits per heavy atom. The van der Waals surface area contributed by atoms with E-state index in [0.717, 1.165) is 49.0 Å². The highest BCUT2D eigenvalue weighted by Gasteiger charge is 2.22. The number of hydrogen-bond acceptors (Lipinski definition) is 6. The second kappa shape index (κ2) is 10.6. The summed E-state index contributed by atoms with van der Waals surface area (Å²) in [5.41, 5.74) is 0.972. The summed E-state index contributed by atoms with van der Waals surface area (Å²) in [6.45, 7) is 6.48. The van der Waals surface area contributed by atoms with Crippen molar-refractivity contribution in [1.82, 2.24) is 24.2 Å². The van der Waals surface area contributed by atoms with Crippen LogP contribution in [-0.2, 0) is 17.9 Å². The Bertz CT molecular complexity index is 1080. The first-order valence-corrected chi connectivity index (χ1v) is 12.6. The van der Waals surface area contributed by atoms with Crippen LogP contribution in [0, 0.1) is 4.77 Å². The summed E-state index contributed by atoms with van der Waals surface area (Å²) < 4.78 is 4.52. The Balaban J connectivity index is 1.42. The number of carbonyl (C=O) groups excluding carboxylic acids is 1. The summed E-state index contributed by atoms with van der Waals surface area (Å²) in [6, 6.07) is 7.63. The highest BCUT2D eigenvalue weighted by molar-refractivity contribution is 7.71. The number of unbranched alkanes of at least 4 members (excludes halogenated alkanes) is 1. The van der Waals surface area contributed by atoms with Crippen LogP contribution in [-0.4, -0.2) is 56.3 Å². The lowest BCUT2D eigenvalue weighted by atomic mass is 10.2. The standard InChI is InChI=1S/C22H27ClN6OS2/c1-2-3-10-28-20(17-4-6-18(23)7-5-17)25-29(22(28)31)11-8-19(30)26-12-14-27(15-13-26)21-24-9-16-32-21/h4-7,9,16H,2-3,8,10-15H2,1H3. The molecule has 3 aromatic rings. The number of thiazole rings is 1. The second-order valence-corrected chi connectivity index (χ2v) is 9.45. The molecule has 0 radical (unpaired) electrons. The molecule has 0 spiro atoms. The van der Waals surface area contributed by atoms with Crippen molar-refractivity contribution >= 4 is 46.2 Å². The molecule has 0 aliphatic carbocycles. The van der Waals surface area contributed by atoms with E-state index in [2.05, 4.69) is 21.4 Å². The lowest BCUT2D eigenvalue weighted by molar-refractivity contribution is -0.131. The molecule has 2 aromatic heterocycles. The van der Waals surface area contributed by atoms with Gasteiger partial charge in [0.2, 0.25) is 5.91 Å². The average molecular weight is 491 g/mol. The van der Waals surface area contributed by atoms with Gasteiger partial charge in [0.1, 0.15) is 0 Å². The molecule has 1 amide bonds. The minimum Gasteiger partial charge on any atom is -0.345 e. The maximum atomic E-state index is 12.8. The highest BCUT2D eigenvalue weighted by atomic mass is 35.5. The van der Waals surface area contributed by atoms with Crippen molar-refractivity contribution in [3.05, 3.63) is 45.6 Å². The van der Waals surface area contributed by atoms with E-state index in [0.29, 0.717) is 35.8 Å². The molecule has 0 atom stereocenters. The number of nitrogens with zero attached hydrogens (tertiary/aromatic N) is 6. The van der Waals surface area contributed by atoms with E-state index in [1.165, 1.54) is 0 Å². The van der Waals surface area contributed by atoms with Gasteiger partial charge in [-0.1, -0.05) is 24.9 Å². The molecule has 170 valence electrons. The largest absolute Gasteiger partial charge is 0.345 e. The molecule has 7 nitrogen and oxygen atoms in total. The minimum absolute atomic E-state index is 0.141. The molecule has 1 aromatic carbocycles. The van der Waals surface area contributed by atoms with Gasteiger partial charge < -0.3 is 9.80 Å². The number of piperazine rings is 1. The zero-order valence-electron chi connectivity index (χ0n) is 18.1. The van der Waals surface area contributed by atoms with Crippen molar-refractivity contribution < 1.29 is 4.79 Å². The van der Waals surface area contributed by atoms with Crippen LogP contribution in [0.4, 0.5) is 5.13 Å².